The Morgan fingerprint density at radius 2 is 2.31 bits per heavy atom. The number of aromatic nitrogens is 3. The van der Waals surface area contributed by atoms with Gasteiger partial charge in [0, 0.05) is 35.5 Å². The predicted molar refractivity (Wildman–Crippen MR) is 103 cm³/mol. The first-order chi connectivity index (χ1) is 12.7. The Hall–Kier alpha value is -2.56. The van der Waals surface area contributed by atoms with E-state index in [1.165, 1.54) is 16.5 Å². The fourth-order valence-electron chi connectivity index (χ4n) is 4.08. The molecule has 2 aromatic heterocycles. The topological polar surface area (TPSA) is 62.7 Å². The lowest BCUT2D eigenvalue weighted by molar-refractivity contribution is -0.123. The second-order valence-electron chi connectivity index (χ2n) is 7.27. The van der Waals surface area contributed by atoms with Gasteiger partial charge in [-0.3, -0.25) is 4.79 Å². The maximum Gasteiger partial charge on any atom is 0.229 e. The van der Waals surface area contributed by atoms with Gasteiger partial charge < -0.3 is 14.9 Å². The SMILES string of the molecule is CCCn1ccnc1CNC(=O)C1CCCc2c1[nH]c1ccc(C)cc21. The van der Waals surface area contributed by atoms with Crippen LogP contribution in [0, 0.1) is 6.92 Å². The third kappa shape index (κ3) is 3.02. The molecule has 5 heteroatoms. The Bertz CT molecular complexity index is 937. The van der Waals surface area contributed by atoms with Gasteiger partial charge in [-0.05, 0) is 50.3 Å². The molecule has 0 radical (unpaired) electrons. The molecule has 1 atom stereocenters. The molecule has 1 unspecified atom stereocenters. The third-order valence-electron chi connectivity index (χ3n) is 5.37. The summed E-state index contributed by atoms with van der Waals surface area (Å²) in [6.45, 7) is 5.67. The number of aromatic amines is 1. The quantitative estimate of drug-likeness (QED) is 0.735. The Morgan fingerprint density at radius 3 is 3.15 bits per heavy atom. The number of hydrogen-bond acceptors (Lipinski definition) is 2. The van der Waals surface area contributed by atoms with Gasteiger partial charge in [-0.15, -0.1) is 0 Å². The summed E-state index contributed by atoms with van der Waals surface area (Å²) in [7, 11) is 0. The number of carbonyl (C=O) groups is 1. The first-order valence-electron chi connectivity index (χ1n) is 9.56. The molecule has 0 fully saturated rings. The number of fused-ring (bicyclic) bond motifs is 3. The fraction of sp³-hybridized carbons (Fsp3) is 0.429. The highest BCUT2D eigenvalue weighted by Gasteiger charge is 2.29. The van der Waals surface area contributed by atoms with E-state index < -0.39 is 0 Å². The number of nitrogens with one attached hydrogen (secondary N) is 2. The highest BCUT2D eigenvalue weighted by molar-refractivity contribution is 5.90. The second kappa shape index (κ2) is 6.98. The van der Waals surface area contributed by atoms with E-state index in [0.717, 1.165) is 49.3 Å². The van der Waals surface area contributed by atoms with Crippen molar-refractivity contribution in [2.24, 2.45) is 0 Å². The van der Waals surface area contributed by atoms with Crippen molar-refractivity contribution >= 4 is 16.8 Å². The van der Waals surface area contributed by atoms with Crippen molar-refractivity contribution in [3.63, 3.8) is 0 Å². The zero-order chi connectivity index (χ0) is 18.1. The summed E-state index contributed by atoms with van der Waals surface area (Å²) in [4.78, 5) is 20.8. The molecule has 1 aromatic carbocycles. The molecule has 3 aromatic rings. The van der Waals surface area contributed by atoms with E-state index in [-0.39, 0.29) is 11.8 Å². The highest BCUT2D eigenvalue weighted by atomic mass is 16.1. The van der Waals surface area contributed by atoms with Crippen LogP contribution < -0.4 is 5.32 Å². The summed E-state index contributed by atoms with van der Waals surface area (Å²) in [5, 5.41) is 4.38. The summed E-state index contributed by atoms with van der Waals surface area (Å²) < 4.78 is 2.11. The number of carbonyl (C=O) groups excluding carboxylic acids is 1. The van der Waals surface area contributed by atoms with Gasteiger partial charge in [0.05, 0.1) is 12.5 Å². The lowest BCUT2D eigenvalue weighted by Crippen LogP contribution is -2.32. The number of H-pyrrole nitrogens is 1. The first kappa shape index (κ1) is 16.9. The summed E-state index contributed by atoms with van der Waals surface area (Å²) in [5.74, 6) is 0.921. The maximum atomic E-state index is 12.9. The molecule has 136 valence electrons. The van der Waals surface area contributed by atoms with Gasteiger partial charge in [-0.1, -0.05) is 18.6 Å². The third-order valence-corrected chi connectivity index (χ3v) is 5.37. The van der Waals surface area contributed by atoms with Crippen molar-refractivity contribution in [1.82, 2.24) is 19.9 Å². The number of amides is 1. The summed E-state index contributed by atoms with van der Waals surface area (Å²) in [6, 6.07) is 6.47. The minimum Gasteiger partial charge on any atom is -0.357 e. The van der Waals surface area contributed by atoms with Crippen LogP contribution in [-0.4, -0.2) is 20.4 Å². The molecular formula is C21H26N4O. The van der Waals surface area contributed by atoms with Crippen LogP contribution in [0.5, 0.6) is 0 Å². The van der Waals surface area contributed by atoms with Crippen LogP contribution in [0.2, 0.25) is 0 Å². The van der Waals surface area contributed by atoms with Gasteiger partial charge in [0.1, 0.15) is 5.82 Å². The largest absolute Gasteiger partial charge is 0.357 e. The molecule has 26 heavy (non-hydrogen) atoms. The highest BCUT2D eigenvalue weighted by Crippen LogP contribution is 2.36. The normalized spacial score (nSPS) is 16.6. The van der Waals surface area contributed by atoms with Gasteiger partial charge in [-0.25, -0.2) is 4.98 Å². The Morgan fingerprint density at radius 1 is 1.42 bits per heavy atom. The molecule has 1 amide bonds. The Labute approximate surface area is 153 Å². The Kier molecular flexibility index (Phi) is 4.53. The fourth-order valence-corrected chi connectivity index (χ4v) is 4.08. The maximum absolute atomic E-state index is 12.9. The minimum atomic E-state index is -0.0963. The van der Waals surface area contributed by atoms with Crippen LogP contribution >= 0.6 is 0 Å². The van der Waals surface area contributed by atoms with E-state index in [1.54, 1.807) is 6.20 Å². The molecule has 2 heterocycles. The van der Waals surface area contributed by atoms with Crippen LogP contribution in [0.15, 0.2) is 30.6 Å². The van der Waals surface area contributed by atoms with E-state index in [4.69, 9.17) is 0 Å². The summed E-state index contributed by atoms with van der Waals surface area (Å²) in [5.41, 5.74) is 4.82. The van der Waals surface area contributed by atoms with E-state index >= 15 is 0 Å². The minimum absolute atomic E-state index is 0.0963. The molecule has 5 nitrogen and oxygen atoms in total. The number of benzene rings is 1. The van der Waals surface area contributed by atoms with Gasteiger partial charge in [0.15, 0.2) is 0 Å². The van der Waals surface area contributed by atoms with Crippen LogP contribution in [0.25, 0.3) is 10.9 Å². The second-order valence-corrected chi connectivity index (χ2v) is 7.27. The van der Waals surface area contributed by atoms with Crippen LogP contribution in [0.1, 0.15) is 54.7 Å². The monoisotopic (exact) mass is 350 g/mol. The number of imidazole rings is 1. The van der Waals surface area contributed by atoms with Gasteiger partial charge >= 0.3 is 0 Å². The lowest BCUT2D eigenvalue weighted by Gasteiger charge is -2.22. The molecule has 0 spiro atoms. The molecule has 4 rings (SSSR count). The zero-order valence-corrected chi connectivity index (χ0v) is 15.5. The average Bonchev–Trinajstić information content (AvgIpc) is 3.23. The van der Waals surface area contributed by atoms with Gasteiger partial charge in [0.2, 0.25) is 5.91 Å². The zero-order valence-electron chi connectivity index (χ0n) is 15.5. The molecule has 0 saturated carbocycles. The van der Waals surface area contributed by atoms with Crippen molar-refractivity contribution in [3.8, 4) is 0 Å². The van der Waals surface area contributed by atoms with Crippen molar-refractivity contribution in [1.29, 1.82) is 0 Å². The van der Waals surface area contributed by atoms with Crippen molar-refractivity contribution < 1.29 is 4.79 Å². The molecule has 1 aliphatic carbocycles. The van der Waals surface area contributed by atoms with Crippen molar-refractivity contribution in [2.75, 3.05) is 0 Å². The number of rotatable bonds is 5. The number of hydrogen-bond donors (Lipinski definition) is 2. The van der Waals surface area contributed by atoms with Crippen LogP contribution in [-0.2, 0) is 24.3 Å². The molecule has 0 aliphatic heterocycles. The van der Waals surface area contributed by atoms with E-state index in [0.29, 0.717) is 6.54 Å². The van der Waals surface area contributed by atoms with E-state index in [1.807, 2.05) is 6.20 Å². The lowest BCUT2D eigenvalue weighted by atomic mass is 9.86. The standard InChI is InChI=1S/C21H26N4O/c1-3-10-25-11-9-22-19(25)13-23-21(26)16-6-4-5-15-17-12-14(2)7-8-18(17)24-20(15)16/h7-9,11-12,16,24H,3-6,10,13H2,1-2H3,(H,23,26). The number of nitrogens with zero attached hydrogens (tertiary/aromatic N) is 2. The van der Waals surface area contributed by atoms with Crippen LogP contribution in [0.3, 0.4) is 0 Å². The van der Waals surface area contributed by atoms with Crippen LogP contribution in [0.4, 0.5) is 0 Å². The Balaban J connectivity index is 1.54. The van der Waals surface area contributed by atoms with Crippen molar-refractivity contribution in [2.45, 2.75) is 58.5 Å². The van der Waals surface area contributed by atoms with Gasteiger partial charge in [0.25, 0.3) is 0 Å². The van der Waals surface area contributed by atoms with E-state index in [2.05, 4.69) is 51.9 Å². The number of aryl methyl sites for hydroxylation is 3. The molecule has 2 N–H and O–H groups in total. The summed E-state index contributed by atoms with van der Waals surface area (Å²) in [6.07, 6.45) is 7.82. The van der Waals surface area contributed by atoms with Gasteiger partial charge in [-0.2, -0.15) is 0 Å². The summed E-state index contributed by atoms with van der Waals surface area (Å²) >= 11 is 0. The van der Waals surface area contributed by atoms with Crippen molar-refractivity contribution in [3.05, 3.63) is 53.2 Å². The molecule has 0 bridgehead atoms. The average molecular weight is 350 g/mol. The molecule has 0 saturated heterocycles. The first-order valence-corrected chi connectivity index (χ1v) is 9.56. The molecule has 1 aliphatic rings. The van der Waals surface area contributed by atoms with E-state index in [9.17, 15) is 4.79 Å². The smallest absolute Gasteiger partial charge is 0.229 e. The molecular weight excluding hydrogens is 324 g/mol. The predicted octanol–water partition coefficient (Wildman–Crippen LogP) is 3.82.